The third kappa shape index (κ3) is 3.12. The predicted octanol–water partition coefficient (Wildman–Crippen LogP) is 3.30. The molecule has 1 aliphatic carbocycles. The first-order valence-electron chi connectivity index (χ1n) is 10.2. The maximum atomic E-state index is 4.73. The Bertz CT molecular complexity index is 953. The van der Waals surface area contributed by atoms with Crippen molar-refractivity contribution in [1.82, 2.24) is 5.01 Å². The molecule has 1 saturated heterocycles. The summed E-state index contributed by atoms with van der Waals surface area (Å²) in [6, 6.07) is 26.8. The van der Waals surface area contributed by atoms with Gasteiger partial charge in [-0.3, -0.25) is 5.01 Å². The fourth-order valence-corrected chi connectivity index (χ4v) is 4.58. The third-order valence-corrected chi connectivity index (χ3v) is 6.07. The Kier molecular flexibility index (Phi) is 4.46. The Balaban J connectivity index is 1.31. The lowest BCUT2D eigenvalue weighted by Gasteiger charge is -2.34. The van der Waals surface area contributed by atoms with Gasteiger partial charge in [0.05, 0.1) is 32.4 Å². The molecule has 0 bridgehead atoms. The molecule has 5 rings (SSSR count). The maximum Gasteiger partial charge on any atom is 0.140 e. The number of nitrogens with one attached hydrogen (secondary N) is 1. The number of rotatable bonds is 3. The fraction of sp³-hybridized carbons (Fsp3) is 0.240. The van der Waals surface area contributed by atoms with Crippen LogP contribution in [0.3, 0.4) is 0 Å². The molecule has 0 atom stereocenters. The molecular weight excluding hydrogens is 342 g/mol. The van der Waals surface area contributed by atoms with Gasteiger partial charge in [0.1, 0.15) is 6.04 Å². The molecule has 0 saturated carbocycles. The van der Waals surface area contributed by atoms with Gasteiger partial charge in [-0.15, -0.1) is 0 Å². The number of fused-ring (bicyclic) bond motifs is 3. The molecule has 3 aromatic rings. The predicted molar refractivity (Wildman–Crippen MR) is 115 cm³/mol. The summed E-state index contributed by atoms with van der Waals surface area (Å²) in [7, 11) is 0. The number of hydrazone groups is 1. The highest BCUT2D eigenvalue weighted by atomic mass is 15.5. The lowest BCUT2D eigenvalue weighted by Crippen LogP contribution is -3.14. The van der Waals surface area contributed by atoms with Crippen LogP contribution in [0.25, 0.3) is 11.1 Å². The Morgan fingerprint density at radius 1 is 0.821 bits per heavy atom. The second-order valence-electron chi connectivity index (χ2n) is 7.87. The molecule has 0 spiro atoms. The molecule has 0 aromatic heterocycles. The van der Waals surface area contributed by atoms with Crippen molar-refractivity contribution in [3.8, 4) is 11.1 Å². The average molecular weight is 369 g/mol. The van der Waals surface area contributed by atoms with Crippen molar-refractivity contribution in [3.05, 3.63) is 95.1 Å². The molecular formula is C25H26N3+. The van der Waals surface area contributed by atoms with E-state index in [4.69, 9.17) is 5.10 Å². The molecule has 3 nitrogen and oxygen atoms in total. The SMILES string of the molecule is Cc1ccc(/C=N/N2CC[NH+](C3c4ccccc4-c4ccccc43)CC2)cc1. The van der Waals surface area contributed by atoms with Gasteiger partial charge in [0.2, 0.25) is 0 Å². The van der Waals surface area contributed by atoms with Crippen LogP contribution >= 0.6 is 0 Å². The first-order chi connectivity index (χ1) is 13.8. The maximum absolute atomic E-state index is 4.73. The smallest absolute Gasteiger partial charge is 0.140 e. The minimum Gasteiger partial charge on any atom is -0.322 e. The second-order valence-corrected chi connectivity index (χ2v) is 7.87. The highest BCUT2D eigenvalue weighted by molar-refractivity contribution is 5.79. The molecule has 140 valence electrons. The zero-order chi connectivity index (χ0) is 18.9. The number of nitrogens with zero attached hydrogens (tertiary/aromatic N) is 2. The highest BCUT2D eigenvalue weighted by Gasteiger charge is 2.37. The van der Waals surface area contributed by atoms with Crippen molar-refractivity contribution in [2.45, 2.75) is 13.0 Å². The van der Waals surface area contributed by atoms with Crippen LogP contribution in [-0.2, 0) is 0 Å². The summed E-state index contributed by atoms with van der Waals surface area (Å²) in [5.74, 6) is 0. The first kappa shape index (κ1) is 17.2. The van der Waals surface area contributed by atoms with Gasteiger partial charge < -0.3 is 4.90 Å². The number of hydrogen-bond donors (Lipinski definition) is 1. The minimum atomic E-state index is 0.454. The van der Waals surface area contributed by atoms with Gasteiger partial charge in [-0.25, -0.2) is 0 Å². The van der Waals surface area contributed by atoms with Crippen molar-refractivity contribution in [3.63, 3.8) is 0 Å². The minimum absolute atomic E-state index is 0.454. The van der Waals surface area contributed by atoms with Crippen molar-refractivity contribution >= 4 is 6.21 Å². The van der Waals surface area contributed by atoms with E-state index in [-0.39, 0.29) is 0 Å². The summed E-state index contributed by atoms with van der Waals surface area (Å²) in [5, 5.41) is 6.95. The molecule has 1 N–H and O–H groups in total. The van der Waals surface area contributed by atoms with E-state index >= 15 is 0 Å². The Hall–Kier alpha value is -2.91. The molecule has 28 heavy (non-hydrogen) atoms. The van der Waals surface area contributed by atoms with Gasteiger partial charge >= 0.3 is 0 Å². The van der Waals surface area contributed by atoms with E-state index in [9.17, 15) is 0 Å². The normalized spacial score (nSPS) is 17.1. The number of piperazine rings is 1. The van der Waals surface area contributed by atoms with Gasteiger partial charge in [0.15, 0.2) is 0 Å². The largest absolute Gasteiger partial charge is 0.322 e. The summed E-state index contributed by atoms with van der Waals surface area (Å²) in [6.45, 7) is 6.33. The molecule has 0 unspecified atom stereocenters. The van der Waals surface area contributed by atoms with E-state index in [0.717, 1.165) is 26.2 Å². The van der Waals surface area contributed by atoms with E-state index < -0.39 is 0 Å². The van der Waals surface area contributed by atoms with E-state index in [1.807, 2.05) is 6.21 Å². The van der Waals surface area contributed by atoms with E-state index in [1.54, 1.807) is 4.90 Å². The van der Waals surface area contributed by atoms with Gasteiger partial charge in [-0.05, 0) is 23.6 Å². The zero-order valence-corrected chi connectivity index (χ0v) is 16.3. The van der Waals surface area contributed by atoms with Gasteiger partial charge in [-0.2, -0.15) is 5.10 Å². The van der Waals surface area contributed by atoms with Crippen LogP contribution in [0.2, 0.25) is 0 Å². The summed E-state index contributed by atoms with van der Waals surface area (Å²) in [5.41, 5.74) is 8.24. The third-order valence-electron chi connectivity index (χ3n) is 6.07. The summed E-state index contributed by atoms with van der Waals surface area (Å²) >= 11 is 0. The van der Waals surface area contributed by atoms with E-state index in [0.29, 0.717) is 6.04 Å². The molecule has 1 heterocycles. The molecule has 0 amide bonds. The van der Waals surface area contributed by atoms with Crippen LogP contribution < -0.4 is 4.90 Å². The summed E-state index contributed by atoms with van der Waals surface area (Å²) < 4.78 is 0. The van der Waals surface area contributed by atoms with Crippen LogP contribution in [0.5, 0.6) is 0 Å². The van der Waals surface area contributed by atoms with Crippen LogP contribution in [0, 0.1) is 6.92 Å². The molecule has 1 fully saturated rings. The molecule has 3 aromatic carbocycles. The standard InChI is InChI=1S/C25H25N3/c1-19-10-12-20(13-11-19)18-26-28-16-14-27(15-17-28)25-23-8-4-2-6-21(23)22-7-3-5-9-24(22)25/h2-13,18,25H,14-17H2,1H3/p+1/b26-18+. The van der Waals surface area contributed by atoms with Crippen LogP contribution in [-0.4, -0.2) is 37.4 Å². The van der Waals surface area contributed by atoms with Crippen LogP contribution in [0.4, 0.5) is 0 Å². The number of hydrogen-bond acceptors (Lipinski definition) is 2. The van der Waals surface area contributed by atoms with Crippen molar-refractivity contribution in [2.24, 2.45) is 5.10 Å². The first-order valence-corrected chi connectivity index (χ1v) is 10.2. The summed E-state index contributed by atoms with van der Waals surface area (Å²) in [6.07, 6.45) is 1.99. The number of quaternary nitrogens is 1. The topological polar surface area (TPSA) is 20.0 Å². The number of aryl methyl sites for hydroxylation is 1. The van der Waals surface area contributed by atoms with Crippen LogP contribution in [0.1, 0.15) is 28.3 Å². The van der Waals surface area contributed by atoms with E-state index in [1.165, 1.54) is 33.4 Å². The van der Waals surface area contributed by atoms with Crippen molar-refractivity contribution in [2.75, 3.05) is 26.2 Å². The zero-order valence-electron chi connectivity index (χ0n) is 16.3. The van der Waals surface area contributed by atoms with Gasteiger partial charge in [-0.1, -0.05) is 78.4 Å². The molecule has 2 aliphatic rings. The fourth-order valence-electron chi connectivity index (χ4n) is 4.58. The quantitative estimate of drug-likeness (QED) is 0.703. The monoisotopic (exact) mass is 368 g/mol. The van der Waals surface area contributed by atoms with Crippen molar-refractivity contribution < 1.29 is 4.90 Å². The molecule has 1 aliphatic heterocycles. The Labute approximate surface area is 166 Å². The van der Waals surface area contributed by atoms with Gasteiger partial charge in [0.25, 0.3) is 0 Å². The molecule has 0 radical (unpaired) electrons. The average Bonchev–Trinajstić information content (AvgIpc) is 3.08. The molecule has 3 heteroatoms. The lowest BCUT2D eigenvalue weighted by atomic mass is 10.0. The van der Waals surface area contributed by atoms with Crippen LogP contribution in [0.15, 0.2) is 77.9 Å². The lowest BCUT2D eigenvalue weighted by molar-refractivity contribution is -0.929. The Morgan fingerprint density at radius 2 is 1.39 bits per heavy atom. The summed E-state index contributed by atoms with van der Waals surface area (Å²) in [4.78, 5) is 1.65. The Morgan fingerprint density at radius 3 is 2.00 bits per heavy atom. The number of benzene rings is 3. The van der Waals surface area contributed by atoms with Crippen molar-refractivity contribution in [1.29, 1.82) is 0 Å². The highest BCUT2D eigenvalue weighted by Crippen LogP contribution is 2.41. The van der Waals surface area contributed by atoms with Gasteiger partial charge in [0, 0.05) is 11.1 Å². The second kappa shape index (κ2) is 7.25. The van der Waals surface area contributed by atoms with E-state index in [2.05, 4.69) is 84.7 Å².